The lowest BCUT2D eigenvalue weighted by Gasteiger charge is -2.17. The number of halogens is 1. The predicted molar refractivity (Wildman–Crippen MR) is 133 cm³/mol. The van der Waals surface area contributed by atoms with E-state index in [1.807, 2.05) is 0 Å². The SMILES string of the molecule is COc1cc(-c2ncnc3c(C(=O)O)c(C)n(COCC[Si](C)(C)C)c23)c(OCC2CC2)cc1F. The summed E-state index contributed by atoms with van der Waals surface area (Å²) in [6, 6.07) is 3.82. The Morgan fingerprint density at radius 2 is 1.97 bits per heavy atom. The highest BCUT2D eigenvalue weighted by Gasteiger charge is 2.27. The number of nitrogens with zero attached hydrogens (tertiary/aromatic N) is 3. The number of aromatic nitrogens is 3. The number of hydrogen-bond acceptors (Lipinski definition) is 6. The first kappa shape index (κ1) is 25.1. The monoisotopic (exact) mass is 501 g/mol. The molecule has 0 amide bonds. The summed E-state index contributed by atoms with van der Waals surface area (Å²) in [6.45, 7) is 9.74. The summed E-state index contributed by atoms with van der Waals surface area (Å²) in [6.07, 6.45) is 3.50. The highest BCUT2D eigenvalue weighted by atomic mass is 28.3. The van der Waals surface area contributed by atoms with Crippen molar-refractivity contribution in [1.29, 1.82) is 0 Å². The predicted octanol–water partition coefficient (Wildman–Crippen LogP) is 5.35. The summed E-state index contributed by atoms with van der Waals surface area (Å²) in [5.41, 5.74) is 2.34. The van der Waals surface area contributed by atoms with Crippen molar-refractivity contribution in [2.24, 2.45) is 5.92 Å². The Hall–Kier alpha value is -2.98. The number of carbonyl (C=O) groups is 1. The van der Waals surface area contributed by atoms with Crippen molar-refractivity contribution in [3.8, 4) is 22.8 Å². The molecule has 10 heteroatoms. The third-order valence-corrected chi connectivity index (χ3v) is 7.91. The lowest BCUT2D eigenvalue weighted by molar-refractivity contribution is 0.0694. The molecule has 35 heavy (non-hydrogen) atoms. The molecule has 2 aromatic heterocycles. The summed E-state index contributed by atoms with van der Waals surface area (Å²) in [4.78, 5) is 21.0. The number of carboxylic acids is 1. The van der Waals surface area contributed by atoms with Gasteiger partial charge < -0.3 is 23.9 Å². The molecule has 2 heterocycles. The van der Waals surface area contributed by atoms with Gasteiger partial charge in [-0.15, -0.1) is 0 Å². The van der Waals surface area contributed by atoms with Crippen LogP contribution in [0.15, 0.2) is 18.5 Å². The zero-order chi connectivity index (χ0) is 25.3. The lowest BCUT2D eigenvalue weighted by atomic mass is 10.1. The molecule has 0 bridgehead atoms. The molecule has 8 nitrogen and oxygen atoms in total. The van der Waals surface area contributed by atoms with Crippen LogP contribution in [0, 0.1) is 18.7 Å². The van der Waals surface area contributed by atoms with Gasteiger partial charge in [-0.25, -0.2) is 19.2 Å². The highest BCUT2D eigenvalue weighted by Crippen LogP contribution is 2.40. The molecular weight excluding hydrogens is 469 g/mol. The number of methoxy groups -OCH3 is 1. The van der Waals surface area contributed by atoms with Crippen LogP contribution in [0.2, 0.25) is 25.7 Å². The number of fused-ring (bicyclic) bond motifs is 1. The van der Waals surface area contributed by atoms with Gasteiger partial charge in [0.2, 0.25) is 0 Å². The van der Waals surface area contributed by atoms with Gasteiger partial charge in [0.15, 0.2) is 11.6 Å². The summed E-state index contributed by atoms with van der Waals surface area (Å²) in [7, 11) is 0.0983. The van der Waals surface area contributed by atoms with Gasteiger partial charge >= 0.3 is 5.97 Å². The second-order valence-corrected chi connectivity index (χ2v) is 15.8. The van der Waals surface area contributed by atoms with Crippen LogP contribution in [-0.2, 0) is 11.5 Å². The molecule has 0 radical (unpaired) electrons. The maximum Gasteiger partial charge on any atom is 0.339 e. The van der Waals surface area contributed by atoms with E-state index in [1.54, 1.807) is 17.6 Å². The molecule has 1 aliphatic rings. The molecular formula is C25H32FN3O5Si. The molecule has 1 N–H and O–H groups in total. The number of hydrogen-bond donors (Lipinski definition) is 1. The van der Waals surface area contributed by atoms with Crippen molar-refractivity contribution < 1.29 is 28.5 Å². The van der Waals surface area contributed by atoms with Crippen molar-refractivity contribution in [3.63, 3.8) is 0 Å². The minimum absolute atomic E-state index is 0.0465. The van der Waals surface area contributed by atoms with Crippen LogP contribution in [-0.4, -0.2) is 54.0 Å². The van der Waals surface area contributed by atoms with Crippen LogP contribution in [0.5, 0.6) is 11.5 Å². The van der Waals surface area contributed by atoms with Crippen molar-refractivity contribution in [2.45, 2.75) is 52.2 Å². The van der Waals surface area contributed by atoms with E-state index in [0.717, 1.165) is 18.9 Å². The molecule has 0 unspecified atom stereocenters. The smallest absolute Gasteiger partial charge is 0.339 e. The molecule has 1 aromatic carbocycles. The van der Waals surface area contributed by atoms with Crippen molar-refractivity contribution in [2.75, 3.05) is 20.3 Å². The number of benzene rings is 1. The Morgan fingerprint density at radius 1 is 1.23 bits per heavy atom. The normalized spacial score (nSPS) is 13.9. The molecule has 3 aromatic rings. The topological polar surface area (TPSA) is 95.7 Å². The average molecular weight is 502 g/mol. The van der Waals surface area contributed by atoms with Gasteiger partial charge in [0.25, 0.3) is 0 Å². The fourth-order valence-corrected chi connectivity index (χ4v) is 4.69. The maximum atomic E-state index is 14.6. The first-order valence-electron chi connectivity index (χ1n) is 11.8. The summed E-state index contributed by atoms with van der Waals surface area (Å²) < 4.78 is 33.6. The second-order valence-electron chi connectivity index (χ2n) is 10.2. The van der Waals surface area contributed by atoms with Gasteiger partial charge in [-0.3, -0.25) is 0 Å². The quantitative estimate of drug-likeness (QED) is 0.279. The van der Waals surface area contributed by atoms with E-state index in [2.05, 4.69) is 29.6 Å². The molecule has 0 saturated heterocycles. The Balaban J connectivity index is 1.85. The van der Waals surface area contributed by atoms with Crippen LogP contribution < -0.4 is 9.47 Å². The van der Waals surface area contributed by atoms with Gasteiger partial charge in [0, 0.05) is 32.0 Å². The Kier molecular flexibility index (Phi) is 7.14. The van der Waals surface area contributed by atoms with Gasteiger partial charge in [-0.1, -0.05) is 19.6 Å². The van der Waals surface area contributed by atoms with Crippen LogP contribution in [0.3, 0.4) is 0 Å². The van der Waals surface area contributed by atoms with E-state index in [4.69, 9.17) is 14.2 Å². The minimum atomic E-state index is -1.29. The summed E-state index contributed by atoms with van der Waals surface area (Å²) >= 11 is 0. The molecule has 0 atom stereocenters. The first-order chi connectivity index (χ1) is 16.6. The Bertz CT molecular complexity index is 1250. The van der Waals surface area contributed by atoms with E-state index in [0.29, 0.717) is 52.9 Å². The number of aromatic carboxylic acids is 1. The minimum Gasteiger partial charge on any atom is -0.494 e. The largest absolute Gasteiger partial charge is 0.494 e. The van der Waals surface area contributed by atoms with Gasteiger partial charge in [-0.2, -0.15) is 0 Å². The Morgan fingerprint density at radius 3 is 2.60 bits per heavy atom. The maximum absolute atomic E-state index is 14.6. The van der Waals surface area contributed by atoms with Gasteiger partial charge in [0.05, 0.1) is 19.2 Å². The Labute approximate surface area is 205 Å². The second kappa shape index (κ2) is 9.94. The van der Waals surface area contributed by atoms with Crippen molar-refractivity contribution >= 4 is 25.1 Å². The molecule has 1 fully saturated rings. The highest BCUT2D eigenvalue weighted by molar-refractivity contribution is 6.76. The molecule has 4 rings (SSSR count). The molecule has 188 valence electrons. The van der Waals surface area contributed by atoms with Gasteiger partial charge in [0.1, 0.15) is 35.6 Å². The van der Waals surface area contributed by atoms with E-state index in [9.17, 15) is 14.3 Å². The summed E-state index contributed by atoms with van der Waals surface area (Å²) in [5, 5.41) is 9.94. The average Bonchev–Trinajstić information content (AvgIpc) is 3.57. The van der Waals surface area contributed by atoms with Crippen LogP contribution in [0.1, 0.15) is 28.9 Å². The number of carboxylic acid groups (broad SMARTS) is 1. The van der Waals surface area contributed by atoms with Gasteiger partial charge in [-0.05, 0) is 37.8 Å². The lowest BCUT2D eigenvalue weighted by Crippen LogP contribution is -2.22. The van der Waals surface area contributed by atoms with E-state index in [-0.39, 0.29) is 18.0 Å². The number of ether oxygens (including phenoxy) is 3. The van der Waals surface area contributed by atoms with E-state index < -0.39 is 19.9 Å². The van der Waals surface area contributed by atoms with E-state index in [1.165, 1.54) is 19.5 Å². The fourth-order valence-electron chi connectivity index (χ4n) is 3.93. The van der Waals surface area contributed by atoms with Crippen LogP contribution in [0.4, 0.5) is 4.39 Å². The standard InChI is InChI=1S/C25H32FN3O5Si/c1-15-21(25(30)31)23-24(29(15)14-33-8-9-35(3,4)5)22(27-13-28-23)17-10-20(32-2)18(26)11-19(17)34-12-16-6-7-16/h10-11,13,16H,6-9,12,14H2,1-5H3,(H,30,31). The van der Waals surface area contributed by atoms with Crippen LogP contribution >= 0.6 is 0 Å². The molecule has 1 aliphatic carbocycles. The zero-order valence-corrected chi connectivity index (χ0v) is 21.9. The van der Waals surface area contributed by atoms with Crippen molar-refractivity contribution in [3.05, 3.63) is 35.5 Å². The van der Waals surface area contributed by atoms with Crippen LogP contribution in [0.25, 0.3) is 22.3 Å². The molecule has 1 saturated carbocycles. The molecule has 0 spiro atoms. The van der Waals surface area contributed by atoms with E-state index >= 15 is 0 Å². The van der Waals surface area contributed by atoms with Crippen molar-refractivity contribution in [1.82, 2.24) is 14.5 Å². The third-order valence-electron chi connectivity index (χ3n) is 6.21. The molecule has 0 aliphatic heterocycles. The summed E-state index contributed by atoms with van der Waals surface area (Å²) in [5.74, 6) is -0.787. The first-order valence-corrected chi connectivity index (χ1v) is 15.5. The third kappa shape index (κ3) is 5.48. The number of rotatable bonds is 11. The zero-order valence-electron chi connectivity index (χ0n) is 20.9. The fraction of sp³-hybridized carbons (Fsp3) is 0.480.